The van der Waals surface area contributed by atoms with E-state index in [-0.39, 0.29) is 0 Å². The average molecular weight is 259 g/mol. The molecular formula is C16H25N3. The number of aromatic nitrogens is 2. The molecule has 0 bridgehead atoms. The van der Waals surface area contributed by atoms with Crippen LogP contribution in [0.5, 0.6) is 0 Å². The second-order valence-corrected chi connectivity index (χ2v) is 5.60. The highest BCUT2D eigenvalue weighted by Gasteiger charge is 2.17. The van der Waals surface area contributed by atoms with Gasteiger partial charge in [-0.25, -0.2) is 0 Å². The van der Waals surface area contributed by atoms with Gasteiger partial charge in [0, 0.05) is 24.9 Å². The molecule has 0 amide bonds. The molecule has 1 heterocycles. The second-order valence-electron chi connectivity index (χ2n) is 5.60. The molecule has 2 aromatic rings. The van der Waals surface area contributed by atoms with Gasteiger partial charge in [-0.3, -0.25) is 4.68 Å². The number of aryl methyl sites for hydroxylation is 1. The summed E-state index contributed by atoms with van der Waals surface area (Å²) in [5.41, 5.74) is 2.43. The molecule has 3 heteroatoms. The van der Waals surface area contributed by atoms with E-state index in [4.69, 9.17) is 5.10 Å². The predicted octanol–water partition coefficient (Wildman–Crippen LogP) is 3.14. The Morgan fingerprint density at radius 2 is 2.00 bits per heavy atom. The lowest BCUT2D eigenvalue weighted by atomic mass is 9.97. The zero-order valence-corrected chi connectivity index (χ0v) is 12.5. The van der Waals surface area contributed by atoms with Gasteiger partial charge in [-0.15, -0.1) is 0 Å². The molecule has 1 aromatic carbocycles. The van der Waals surface area contributed by atoms with Crippen LogP contribution in [0.15, 0.2) is 24.3 Å². The lowest BCUT2D eigenvalue weighted by Gasteiger charge is -2.21. The third kappa shape index (κ3) is 3.16. The number of fused-ring (bicyclic) bond motifs is 1. The van der Waals surface area contributed by atoms with Crippen LogP contribution in [-0.2, 0) is 13.5 Å². The summed E-state index contributed by atoms with van der Waals surface area (Å²) in [6.07, 6.45) is 2.17. The van der Waals surface area contributed by atoms with Crippen molar-refractivity contribution in [2.75, 3.05) is 6.54 Å². The largest absolute Gasteiger partial charge is 0.313 e. The molecule has 0 fully saturated rings. The van der Waals surface area contributed by atoms with Crippen molar-refractivity contribution in [1.29, 1.82) is 0 Å². The second kappa shape index (κ2) is 6.20. The third-order valence-corrected chi connectivity index (χ3v) is 3.71. The highest BCUT2D eigenvalue weighted by Crippen LogP contribution is 2.20. The fourth-order valence-electron chi connectivity index (χ4n) is 2.52. The van der Waals surface area contributed by atoms with Crippen LogP contribution in [-0.4, -0.2) is 22.4 Å². The van der Waals surface area contributed by atoms with E-state index < -0.39 is 0 Å². The van der Waals surface area contributed by atoms with Crippen LogP contribution in [0.25, 0.3) is 10.9 Å². The van der Waals surface area contributed by atoms with Gasteiger partial charge in [-0.05, 0) is 24.9 Å². The summed E-state index contributed by atoms with van der Waals surface area (Å²) >= 11 is 0. The topological polar surface area (TPSA) is 29.9 Å². The summed E-state index contributed by atoms with van der Waals surface area (Å²) in [7, 11) is 2.02. The van der Waals surface area contributed by atoms with Crippen LogP contribution < -0.4 is 5.32 Å². The van der Waals surface area contributed by atoms with E-state index in [1.165, 1.54) is 23.0 Å². The van der Waals surface area contributed by atoms with Crippen molar-refractivity contribution in [3.63, 3.8) is 0 Å². The molecule has 19 heavy (non-hydrogen) atoms. The first-order valence-corrected chi connectivity index (χ1v) is 7.27. The van der Waals surface area contributed by atoms with E-state index in [0.717, 1.165) is 13.0 Å². The van der Waals surface area contributed by atoms with Gasteiger partial charge < -0.3 is 5.32 Å². The van der Waals surface area contributed by atoms with Crippen molar-refractivity contribution in [2.45, 2.75) is 39.7 Å². The van der Waals surface area contributed by atoms with E-state index in [1.54, 1.807) is 0 Å². The van der Waals surface area contributed by atoms with Crippen molar-refractivity contribution in [2.24, 2.45) is 13.0 Å². The Balaban J connectivity index is 2.23. The molecule has 1 unspecified atom stereocenters. The molecule has 3 nitrogen and oxygen atoms in total. The number of para-hydroxylation sites is 1. The average Bonchev–Trinajstić information content (AvgIpc) is 2.72. The van der Waals surface area contributed by atoms with Crippen molar-refractivity contribution < 1.29 is 0 Å². The Bertz CT molecular complexity index is 528. The fraction of sp³-hybridized carbons (Fsp3) is 0.562. The SMILES string of the molecule is CCCNC(Cc1nn(C)c2ccccc12)C(C)C. The highest BCUT2D eigenvalue weighted by atomic mass is 15.3. The predicted molar refractivity (Wildman–Crippen MR) is 81.3 cm³/mol. The molecule has 1 aromatic heterocycles. The van der Waals surface area contributed by atoms with Crippen LogP contribution in [0, 0.1) is 5.92 Å². The van der Waals surface area contributed by atoms with Crippen molar-refractivity contribution >= 4 is 10.9 Å². The molecule has 0 saturated heterocycles. The molecule has 1 atom stereocenters. The molecule has 0 aliphatic heterocycles. The Kier molecular flexibility index (Phi) is 4.59. The summed E-state index contributed by atoms with van der Waals surface area (Å²) in [5.74, 6) is 0.618. The Morgan fingerprint density at radius 1 is 1.26 bits per heavy atom. The Morgan fingerprint density at radius 3 is 2.68 bits per heavy atom. The Hall–Kier alpha value is -1.35. The summed E-state index contributed by atoms with van der Waals surface area (Å²) < 4.78 is 1.99. The van der Waals surface area contributed by atoms with Crippen molar-refractivity contribution in [3.8, 4) is 0 Å². The van der Waals surface area contributed by atoms with E-state index in [1.807, 2.05) is 11.7 Å². The van der Waals surface area contributed by atoms with Gasteiger partial charge in [0.1, 0.15) is 0 Å². The van der Waals surface area contributed by atoms with Gasteiger partial charge in [-0.1, -0.05) is 39.0 Å². The lowest BCUT2D eigenvalue weighted by molar-refractivity contribution is 0.394. The van der Waals surface area contributed by atoms with E-state index >= 15 is 0 Å². The quantitative estimate of drug-likeness (QED) is 0.863. The number of hydrogen-bond acceptors (Lipinski definition) is 2. The zero-order chi connectivity index (χ0) is 13.8. The molecule has 1 N–H and O–H groups in total. The molecule has 0 spiro atoms. The van der Waals surface area contributed by atoms with E-state index in [2.05, 4.69) is 50.4 Å². The highest BCUT2D eigenvalue weighted by molar-refractivity contribution is 5.81. The summed E-state index contributed by atoms with van der Waals surface area (Å²) in [5, 5.41) is 9.62. The van der Waals surface area contributed by atoms with Crippen LogP contribution in [0.4, 0.5) is 0 Å². The van der Waals surface area contributed by atoms with Gasteiger partial charge >= 0.3 is 0 Å². The fourth-order valence-corrected chi connectivity index (χ4v) is 2.52. The third-order valence-electron chi connectivity index (χ3n) is 3.71. The Labute approximate surface area is 116 Å². The van der Waals surface area contributed by atoms with Gasteiger partial charge in [0.2, 0.25) is 0 Å². The van der Waals surface area contributed by atoms with Gasteiger partial charge in [-0.2, -0.15) is 5.10 Å². The number of nitrogens with zero attached hydrogens (tertiary/aromatic N) is 2. The van der Waals surface area contributed by atoms with Gasteiger partial charge in [0.05, 0.1) is 11.2 Å². The maximum absolute atomic E-state index is 4.70. The molecule has 0 saturated carbocycles. The molecule has 2 rings (SSSR count). The maximum atomic E-state index is 4.70. The van der Waals surface area contributed by atoms with Gasteiger partial charge in [0.25, 0.3) is 0 Å². The number of benzene rings is 1. The molecule has 0 radical (unpaired) electrons. The minimum Gasteiger partial charge on any atom is -0.313 e. The minimum absolute atomic E-state index is 0.498. The lowest BCUT2D eigenvalue weighted by Crippen LogP contribution is -2.36. The smallest absolute Gasteiger partial charge is 0.0718 e. The van der Waals surface area contributed by atoms with Crippen LogP contribution >= 0.6 is 0 Å². The summed E-state index contributed by atoms with van der Waals surface area (Å²) in [6.45, 7) is 7.84. The van der Waals surface area contributed by atoms with E-state index in [0.29, 0.717) is 12.0 Å². The minimum atomic E-state index is 0.498. The molecule has 0 aliphatic rings. The van der Waals surface area contributed by atoms with E-state index in [9.17, 15) is 0 Å². The maximum Gasteiger partial charge on any atom is 0.0718 e. The molecule has 0 aliphatic carbocycles. The summed E-state index contributed by atoms with van der Waals surface area (Å²) in [6, 6.07) is 8.98. The first-order valence-electron chi connectivity index (χ1n) is 7.27. The summed E-state index contributed by atoms with van der Waals surface area (Å²) in [4.78, 5) is 0. The number of nitrogens with one attached hydrogen (secondary N) is 1. The van der Waals surface area contributed by atoms with Crippen molar-refractivity contribution in [3.05, 3.63) is 30.0 Å². The zero-order valence-electron chi connectivity index (χ0n) is 12.5. The monoisotopic (exact) mass is 259 g/mol. The number of rotatable bonds is 6. The van der Waals surface area contributed by atoms with Crippen LogP contribution in [0.2, 0.25) is 0 Å². The first kappa shape index (κ1) is 14.1. The molecule has 104 valence electrons. The molecular weight excluding hydrogens is 234 g/mol. The van der Waals surface area contributed by atoms with Crippen LogP contribution in [0.1, 0.15) is 32.9 Å². The normalized spacial score (nSPS) is 13.3. The standard InChI is InChI=1S/C16H25N3/c1-5-10-17-14(12(2)3)11-15-13-8-6-7-9-16(13)19(4)18-15/h6-9,12,14,17H,5,10-11H2,1-4H3. The first-order chi connectivity index (χ1) is 9.13. The van der Waals surface area contributed by atoms with Crippen LogP contribution in [0.3, 0.4) is 0 Å². The number of hydrogen-bond donors (Lipinski definition) is 1. The van der Waals surface area contributed by atoms with Crippen molar-refractivity contribution in [1.82, 2.24) is 15.1 Å². The van der Waals surface area contributed by atoms with Gasteiger partial charge in [0.15, 0.2) is 0 Å².